The maximum Gasteiger partial charge on any atom is 0.245 e. The minimum atomic E-state index is -0.354. The fourth-order valence-corrected chi connectivity index (χ4v) is 2.23. The molecule has 1 rings (SSSR count). The number of rotatable bonds is 6. The van der Waals surface area contributed by atoms with Gasteiger partial charge in [0.2, 0.25) is 11.8 Å². The lowest BCUT2D eigenvalue weighted by Crippen LogP contribution is -2.50. The molecule has 0 bridgehead atoms. The van der Waals surface area contributed by atoms with Crippen LogP contribution in [-0.2, 0) is 9.59 Å². The summed E-state index contributed by atoms with van der Waals surface area (Å²) in [7, 11) is 0. The van der Waals surface area contributed by atoms with Gasteiger partial charge in [0, 0.05) is 19.5 Å². The van der Waals surface area contributed by atoms with E-state index in [0.29, 0.717) is 6.42 Å². The normalized spacial score (nSPS) is 17.0. The molecule has 0 aromatic carbocycles. The molecule has 0 unspecified atom stereocenters. The van der Waals surface area contributed by atoms with Crippen molar-refractivity contribution in [3.8, 4) is 0 Å². The summed E-state index contributed by atoms with van der Waals surface area (Å²) < 4.78 is 0. The predicted molar refractivity (Wildman–Crippen MR) is 72.1 cm³/mol. The summed E-state index contributed by atoms with van der Waals surface area (Å²) in [6, 6.07) is -0.354. The SMILES string of the molecule is CCCCC(=O)N[C@H](C(=O)N1CCCC1)C(C)C. The van der Waals surface area contributed by atoms with E-state index >= 15 is 0 Å². The molecule has 4 nitrogen and oxygen atoms in total. The first-order chi connectivity index (χ1) is 8.56. The van der Waals surface area contributed by atoms with Crippen molar-refractivity contribution in [3.63, 3.8) is 0 Å². The van der Waals surface area contributed by atoms with Crippen LogP contribution in [0.2, 0.25) is 0 Å². The molecular formula is C14H26N2O2. The molecule has 0 spiro atoms. The Hall–Kier alpha value is -1.06. The zero-order valence-corrected chi connectivity index (χ0v) is 11.9. The first-order valence-electron chi connectivity index (χ1n) is 7.14. The van der Waals surface area contributed by atoms with Gasteiger partial charge >= 0.3 is 0 Å². The third kappa shape index (κ3) is 4.31. The lowest BCUT2D eigenvalue weighted by molar-refractivity contribution is -0.136. The van der Waals surface area contributed by atoms with E-state index in [4.69, 9.17) is 0 Å². The summed E-state index contributed by atoms with van der Waals surface area (Å²) in [6.45, 7) is 7.71. The van der Waals surface area contributed by atoms with E-state index in [1.165, 1.54) is 0 Å². The van der Waals surface area contributed by atoms with Crippen molar-refractivity contribution in [2.24, 2.45) is 5.92 Å². The van der Waals surface area contributed by atoms with Gasteiger partial charge in [-0.2, -0.15) is 0 Å². The number of hydrogen-bond acceptors (Lipinski definition) is 2. The Bertz CT molecular complexity index is 284. The van der Waals surface area contributed by atoms with E-state index < -0.39 is 0 Å². The van der Waals surface area contributed by atoms with Crippen LogP contribution < -0.4 is 5.32 Å². The highest BCUT2D eigenvalue weighted by Gasteiger charge is 2.29. The Morgan fingerprint density at radius 1 is 1.22 bits per heavy atom. The summed E-state index contributed by atoms with van der Waals surface area (Å²) in [5.74, 6) is 0.235. The quantitative estimate of drug-likeness (QED) is 0.787. The van der Waals surface area contributed by atoms with Gasteiger partial charge in [0.05, 0.1) is 0 Å². The fraction of sp³-hybridized carbons (Fsp3) is 0.857. The van der Waals surface area contributed by atoms with E-state index in [1.54, 1.807) is 0 Å². The summed E-state index contributed by atoms with van der Waals surface area (Å²) in [4.78, 5) is 25.9. The van der Waals surface area contributed by atoms with E-state index in [1.807, 2.05) is 18.7 Å². The number of amides is 2. The number of nitrogens with zero attached hydrogens (tertiary/aromatic N) is 1. The van der Waals surface area contributed by atoms with Crippen LogP contribution in [-0.4, -0.2) is 35.8 Å². The van der Waals surface area contributed by atoms with Crippen molar-refractivity contribution < 1.29 is 9.59 Å². The Balaban J connectivity index is 2.53. The molecular weight excluding hydrogens is 228 g/mol. The summed E-state index contributed by atoms with van der Waals surface area (Å²) in [5.41, 5.74) is 0. The smallest absolute Gasteiger partial charge is 0.245 e. The molecule has 0 aromatic rings. The van der Waals surface area contributed by atoms with Crippen LogP contribution in [0.3, 0.4) is 0 Å². The molecule has 2 amide bonds. The Morgan fingerprint density at radius 3 is 2.33 bits per heavy atom. The van der Waals surface area contributed by atoms with Crippen molar-refractivity contribution in [1.29, 1.82) is 0 Å². The average molecular weight is 254 g/mol. The van der Waals surface area contributed by atoms with Gasteiger partial charge in [-0.25, -0.2) is 0 Å². The molecule has 1 atom stereocenters. The van der Waals surface area contributed by atoms with Crippen LogP contribution in [0.5, 0.6) is 0 Å². The largest absolute Gasteiger partial charge is 0.344 e. The van der Waals surface area contributed by atoms with Gasteiger partial charge in [-0.3, -0.25) is 9.59 Å². The van der Waals surface area contributed by atoms with Crippen LogP contribution in [0.25, 0.3) is 0 Å². The topological polar surface area (TPSA) is 49.4 Å². The van der Waals surface area contributed by atoms with Crippen LogP contribution in [0.1, 0.15) is 52.9 Å². The zero-order valence-electron chi connectivity index (χ0n) is 11.9. The van der Waals surface area contributed by atoms with Crippen LogP contribution in [0.15, 0.2) is 0 Å². The predicted octanol–water partition coefficient (Wildman–Crippen LogP) is 1.94. The highest BCUT2D eigenvalue weighted by Crippen LogP contribution is 2.13. The second kappa shape index (κ2) is 7.39. The van der Waals surface area contributed by atoms with Crippen LogP contribution in [0, 0.1) is 5.92 Å². The lowest BCUT2D eigenvalue weighted by atomic mass is 10.0. The second-order valence-corrected chi connectivity index (χ2v) is 5.43. The van der Waals surface area contributed by atoms with E-state index in [9.17, 15) is 9.59 Å². The van der Waals surface area contributed by atoms with Gasteiger partial charge in [0.15, 0.2) is 0 Å². The van der Waals surface area contributed by atoms with Gasteiger partial charge in [-0.05, 0) is 25.2 Å². The molecule has 1 heterocycles. The number of unbranched alkanes of at least 4 members (excludes halogenated alkanes) is 1. The van der Waals surface area contributed by atoms with Gasteiger partial charge in [0.1, 0.15) is 6.04 Å². The van der Waals surface area contributed by atoms with Crippen molar-refractivity contribution >= 4 is 11.8 Å². The van der Waals surface area contributed by atoms with Gasteiger partial charge in [0.25, 0.3) is 0 Å². The van der Waals surface area contributed by atoms with Crippen molar-refractivity contribution in [2.45, 2.75) is 58.9 Å². The molecule has 0 saturated carbocycles. The third-order valence-corrected chi connectivity index (χ3v) is 3.42. The molecule has 0 aliphatic carbocycles. The molecule has 18 heavy (non-hydrogen) atoms. The van der Waals surface area contributed by atoms with Crippen molar-refractivity contribution in [2.75, 3.05) is 13.1 Å². The van der Waals surface area contributed by atoms with Crippen LogP contribution >= 0.6 is 0 Å². The highest BCUT2D eigenvalue weighted by molar-refractivity contribution is 5.88. The first-order valence-corrected chi connectivity index (χ1v) is 7.14. The lowest BCUT2D eigenvalue weighted by Gasteiger charge is -2.26. The Kier molecular flexibility index (Phi) is 6.16. The van der Waals surface area contributed by atoms with Crippen LogP contribution in [0.4, 0.5) is 0 Å². The highest BCUT2D eigenvalue weighted by atomic mass is 16.2. The summed E-state index contributed by atoms with van der Waals surface area (Å²) in [5, 5.41) is 2.90. The minimum Gasteiger partial charge on any atom is -0.344 e. The number of carbonyl (C=O) groups excluding carboxylic acids is 2. The summed E-state index contributed by atoms with van der Waals surface area (Å²) >= 11 is 0. The van der Waals surface area contributed by atoms with E-state index in [0.717, 1.165) is 38.8 Å². The molecule has 1 fully saturated rings. The maximum atomic E-state index is 12.3. The first kappa shape index (κ1) is 15.0. The number of likely N-dealkylation sites (tertiary alicyclic amines) is 1. The minimum absolute atomic E-state index is 0.00287. The van der Waals surface area contributed by atoms with Crippen molar-refractivity contribution in [1.82, 2.24) is 10.2 Å². The summed E-state index contributed by atoms with van der Waals surface area (Å²) in [6.07, 6.45) is 4.57. The van der Waals surface area contributed by atoms with Gasteiger partial charge in [-0.15, -0.1) is 0 Å². The zero-order chi connectivity index (χ0) is 13.5. The van der Waals surface area contributed by atoms with Crippen molar-refractivity contribution in [3.05, 3.63) is 0 Å². The molecule has 0 aromatic heterocycles. The van der Waals surface area contributed by atoms with E-state index in [2.05, 4.69) is 12.2 Å². The maximum absolute atomic E-state index is 12.3. The molecule has 104 valence electrons. The van der Waals surface area contributed by atoms with Gasteiger partial charge in [-0.1, -0.05) is 27.2 Å². The average Bonchev–Trinajstić information content (AvgIpc) is 2.85. The molecule has 1 N–H and O–H groups in total. The van der Waals surface area contributed by atoms with Gasteiger partial charge < -0.3 is 10.2 Å². The molecule has 1 saturated heterocycles. The number of carbonyl (C=O) groups is 2. The standard InChI is InChI=1S/C14H26N2O2/c1-4-5-8-12(17)15-13(11(2)3)14(18)16-9-6-7-10-16/h11,13H,4-10H2,1-3H3,(H,15,17)/t13-/m0/s1. The van der Waals surface area contributed by atoms with E-state index in [-0.39, 0.29) is 23.8 Å². The number of nitrogens with one attached hydrogen (secondary N) is 1. The molecule has 0 radical (unpaired) electrons. The molecule has 1 aliphatic heterocycles. The molecule has 1 aliphatic rings. The second-order valence-electron chi connectivity index (χ2n) is 5.43. The number of hydrogen-bond donors (Lipinski definition) is 1. The molecule has 4 heteroatoms. The third-order valence-electron chi connectivity index (χ3n) is 3.42. The Labute approximate surface area is 110 Å². The monoisotopic (exact) mass is 254 g/mol. The Morgan fingerprint density at radius 2 is 1.83 bits per heavy atom. The fourth-order valence-electron chi connectivity index (χ4n) is 2.23.